The van der Waals surface area contributed by atoms with E-state index in [4.69, 9.17) is 9.47 Å². The molecule has 9 heteroatoms. The van der Waals surface area contributed by atoms with Crippen molar-refractivity contribution in [2.45, 2.75) is 13.0 Å². The largest absolute Gasteiger partial charge is 0.493 e. The molecule has 0 saturated carbocycles. The summed E-state index contributed by atoms with van der Waals surface area (Å²) in [5.41, 5.74) is 4.46. The molecular formula is C28H26N6O3. The van der Waals surface area contributed by atoms with E-state index in [0.717, 1.165) is 22.5 Å². The molecule has 0 radical (unpaired) electrons. The maximum atomic E-state index is 13.5. The lowest BCUT2D eigenvalue weighted by atomic mass is 10.0. The number of carbonyl (C=O) groups excluding carboxylic acids is 1. The van der Waals surface area contributed by atoms with Crippen LogP contribution in [0.25, 0.3) is 22.5 Å². The van der Waals surface area contributed by atoms with E-state index in [-0.39, 0.29) is 11.9 Å². The van der Waals surface area contributed by atoms with Crippen LogP contribution in [-0.4, -0.2) is 44.7 Å². The minimum atomic E-state index is -0.285. The van der Waals surface area contributed by atoms with Gasteiger partial charge in [0.05, 0.1) is 31.6 Å². The number of carbonyl (C=O) groups is 1. The van der Waals surface area contributed by atoms with Gasteiger partial charge in [0.1, 0.15) is 12.7 Å². The number of rotatable bonds is 8. The molecule has 1 atom stereocenters. The van der Waals surface area contributed by atoms with Gasteiger partial charge in [-0.2, -0.15) is 10.2 Å². The molecule has 0 fully saturated rings. The molecule has 0 saturated heterocycles. The van der Waals surface area contributed by atoms with E-state index in [0.29, 0.717) is 22.8 Å². The molecule has 0 aliphatic rings. The topological polar surface area (TPSA) is 96.1 Å². The van der Waals surface area contributed by atoms with Crippen molar-refractivity contribution in [3.63, 3.8) is 0 Å². The van der Waals surface area contributed by atoms with E-state index in [1.54, 1.807) is 29.9 Å². The number of benzene rings is 3. The van der Waals surface area contributed by atoms with Crippen LogP contribution in [0.3, 0.4) is 0 Å². The average Bonchev–Trinajstić information content (AvgIpc) is 3.64. The summed E-state index contributed by atoms with van der Waals surface area (Å²) in [5, 5.41) is 11.9. The van der Waals surface area contributed by atoms with Crippen LogP contribution in [0.1, 0.15) is 29.0 Å². The minimum absolute atomic E-state index is 0.252. The molecule has 0 unspecified atom stereocenters. The van der Waals surface area contributed by atoms with Gasteiger partial charge in [0.25, 0.3) is 5.91 Å². The van der Waals surface area contributed by atoms with E-state index in [1.807, 2.05) is 85.9 Å². The van der Waals surface area contributed by atoms with Crippen LogP contribution < -0.4 is 14.8 Å². The van der Waals surface area contributed by atoms with Crippen LogP contribution >= 0.6 is 0 Å². The Kier molecular flexibility index (Phi) is 6.67. The third-order valence-corrected chi connectivity index (χ3v) is 6.07. The Balaban J connectivity index is 1.46. The van der Waals surface area contributed by atoms with E-state index < -0.39 is 0 Å². The Morgan fingerprint density at radius 1 is 0.892 bits per heavy atom. The highest BCUT2D eigenvalue weighted by Crippen LogP contribution is 2.34. The fourth-order valence-electron chi connectivity index (χ4n) is 4.08. The van der Waals surface area contributed by atoms with Crippen LogP contribution in [-0.2, 0) is 0 Å². The van der Waals surface area contributed by atoms with Crippen molar-refractivity contribution < 1.29 is 14.3 Å². The Morgan fingerprint density at radius 2 is 1.62 bits per heavy atom. The van der Waals surface area contributed by atoms with Gasteiger partial charge in [-0.1, -0.05) is 36.4 Å². The van der Waals surface area contributed by atoms with Crippen molar-refractivity contribution in [2.24, 2.45) is 0 Å². The van der Waals surface area contributed by atoms with Crippen molar-refractivity contribution in [3.05, 3.63) is 103 Å². The lowest BCUT2D eigenvalue weighted by Crippen LogP contribution is -2.27. The van der Waals surface area contributed by atoms with E-state index in [1.165, 1.54) is 6.33 Å². The normalized spacial score (nSPS) is 11.6. The zero-order valence-corrected chi connectivity index (χ0v) is 20.7. The molecule has 1 N–H and O–H groups in total. The van der Waals surface area contributed by atoms with Crippen molar-refractivity contribution in [1.82, 2.24) is 29.9 Å². The fourth-order valence-corrected chi connectivity index (χ4v) is 4.08. The molecule has 3 aromatic carbocycles. The standard InChI is InChI=1S/C28H26N6O3/c1-19(20-9-12-23(13-10-20)34-18-29-17-30-34)31-28(35)27-24(16-33(32-27)22-7-5-4-6-8-22)21-11-14-25(36-2)26(15-21)37-3/h4-19H,1-3H3,(H,31,35)/t19-/m1/s1. The maximum Gasteiger partial charge on any atom is 0.272 e. The molecule has 9 nitrogen and oxygen atoms in total. The molecule has 0 bridgehead atoms. The third kappa shape index (κ3) is 4.92. The van der Waals surface area contributed by atoms with Crippen LogP contribution in [0.4, 0.5) is 0 Å². The molecular weight excluding hydrogens is 468 g/mol. The lowest BCUT2D eigenvalue weighted by Gasteiger charge is -2.15. The fraction of sp³-hybridized carbons (Fsp3) is 0.143. The van der Waals surface area contributed by atoms with E-state index >= 15 is 0 Å². The number of hydrogen-bond acceptors (Lipinski definition) is 6. The number of hydrogen-bond donors (Lipinski definition) is 1. The van der Waals surface area contributed by atoms with Crippen LogP contribution in [0.2, 0.25) is 0 Å². The SMILES string of the molecule is COc1ccc(-c2cn(-c3ccccc3)nc2C(=O)N[C@H](C)c2ccc(-n3cncn3)cc2)cc1OC. The van der Waals surface area contributed by atoms with Gasteiger partial charge < -0.3 is 14.8 Å². The van der Waals surface area contributed by atoms with Gasteiger partial charge in [-0.15, -0.1) is 0 Å². The first-order valence-electron chi connectivity index (χ1n) is 11.7. The highest BCUT2D eigenvalue weighted by Gasteiger charge is 2.22. The van der Waals surface area contributed by atoms with E-state index in [2.05, 4.69) is 20.5 Å². The molecule has 2 aromatic heterocycles. The molecule has 2 heterocycles. The zero-order valence-electron chi connectivity index (χ0n) is 20.7. The van der Waals surface area contributed by atoms with Crippen molar-refractivity contribution in [1.29, 1.82) is 0 Å². The number of para-hydroxylation sites is 1. The van der Waals surface area contributed by atoms with Gasteiger partial charge in [0, 0.05) is 11.8 Å². The predicted octanol–water partition coefficient (Wildman–Crippen LogP) is 4.63. The Hall–Kier alpha value is -4.92. The third-order valence-electron chi connectivity index (χ3n) is 6.07. The molecule has 0 aliphatic carbocycles. The van der Waals surface area contributed by atoms with Crippen molar-refractivity contribution >= 4 is 5.91 Å². The average molecular weight is 495 g/mol. The summed E-state index contributed by atoms with van der Waals surface area (Å²) in [6, 6.07) is 22.7. The van der Waals surface area contributed by atoms with Crippen molar-refractivity contribution in [3.8, 4) is 34.0 Å². The summed E-state index contributed by atoms with van der Waals surface area (Å²) in [6.45, 7) is 1.94. The van der Waals surface area contributed by atoms with Gasteiger partial charge >= 0.3 is 0 Å². The molecule has 37 heavy (non-hydrogen) atoms. The lowest BCUT2D eigenvalue weighted by molar-refractivity contribution is 0.0935. The first-order valence-corrected chi connectivity index (χ1v) is 11.7. The quantitative estimate of drug-likeness (QED) is 0.338. The number of nitrogens with one attached hydrogen (secondary N) is 1. The predicted molar refractivity (Wildman–Crippen MR) is 139 cm³/mol. The van der Waals surface area contributed by atoms with Crippen LogP contribution in [0.15, 0.2) is 91.6 Å². The smallest absolute Gasteiger partial charge is 0.272 e. The summed E-state index contributed by atoms with van der Waals surface area (Å²) in [6.07, 6.45) is 4.98. The molecule has 186 valence electrons. The number of amides is 1. The molecule has 0 aliphatic heterocycles. The number of aromatic nitrogens is 5. The molecule has 5 rings (SSSR count). The monoisotopic (exact) mass is 494 g/mol. The number of ether oxygens (including phenoxy) is 2. The Labute approximate surface area is 214 Å². The summed E-state index contributed by atoms with van der Waals surface area (Å²) < 4.78 is 14.3. The van der Waals surface area contributed by atoms with Gasteiger partial charge in [0.2, 0.25) is 0 Å². The number of methoxy groups -OCH3 is 2. The van der Waals surface area contributed by atoms with E-state index in [9.17, 15) is 4.79 Å². The second-order valence-electron chi connectivity index (χ2n) is 8.37. The minimum Gasteiger partial charge on any atom is -0.493 e. The molecule has 1 amide bonds. The second-order valence-corrected chi connectivity index (χ2v) is 8.37. The molecule has 0 spiro atoms. The van der Waals surface area contributed by atoms with Gasteiger partial charge in [-0.25, -0.2) is 14.3 Å². The number of nitrogens with zero attached hydrogens (tertiary/aromatic N) is 5. The molecule has 5 aromatic rings. The highest BCUT2D eigenvalue weighted by atomic mass is 16.5. The summed E-state index contributed by atoms with van der Waals surface area (Å²) in [5.74, 6) is 0.891. The summed E-state index contributed by atoms with van der Waals surface area (Å²) >= 11 is 0. The first-order chi connectivity index (χ1) is 18.1. The first kappa shape index (κ1) is 23.8. The van der Waals surface area contributed by atoms with Crippen LogP contribution in [0, 0.1) is 0 Å². The maximum absolute atomic E-state index is 13.5. The second kappa shape index (κ2) is 10.4. The zero-order chi connectivity index (χ0) is 25.8. The van der Waals surface area contributed by atoms with Crippen molar-refractivity contribution in [2.75, 3.05) is 14.2 Å². The summed E-state index contributed by atoms with van der Waals surface area (Å²) in [4.78, 5) is 17.5. The Bertz CT molecular complexity index is 1500. The van der Waals surface area contributed by atoms with Gasteiger partial charge in [-0.3, -0.25) is 4.79 Å². The van der Waals surface area contributed by atoms with Crippen LogP contribution in [0.5, 0.6) is 11.5 Å². The highest BCUT2D eigenvalue weighted by molar-refractivity contribution is 5.99. The van der Waals surface area contributed by atoms with Gasteiger partial charge in [-0.05, 0) is 54.4 Å². The Morgan fingerprint density at radius 3 is 2.30 bits per heavy atom. The van der Waals surface area contributed by atoms with Gasteiger partial charge in [0.15, 0.2) is 17.2 Å². The summed E-state index contributed by atoms with van der Waals surface area (Å²) in [7, 11) is 3.17.